The fraction of sp³-hybridized carbons (Fsp3) is 0.476. The summed E-state index contributed by atoms with van der Waals surface area (Å²) in [5.41, 5.74) is 3.34. The average molecular weight is 381 g/mol. The molecule has 0 saturated carbocycles. The standard InChI is InChI=1S/C21H27N5O2/c1-3-4-18-21(28)25-10-9-24(14-19(25)20(27)23-18)12-16-11-22-26(13-16)17-7-5-15(2)6-8-17/h5-8,11,13,18-19H,3-4,9-10,12,14H2,1-2H3,(H,23,27)/t18-,19+/m0/s1. The summed E-state index contributed by atoms with van der Waals surface area (Å²) in [6, 6.07) is 7.50. The Morgan fingerprint density at radius 1 is 1.18 bits per heavy atom. The minimum atomic E-state index is -0.388. The first-order valence-corrected chi connectivity index (χ1v) is 9.99. The zero-order chi connectivity index (χ0) is 19.7. The van der Waals surface area contributed by atoms with E-state index in [-0.39, 0.29) is 23.9 Å². The number of hydrogen-bond donors (Lipinski definition) is 1. The van der Waals surface area contributed by atoms with Gasteiger partial charge in [-0.25, -0.2) is 4.68 Å². The maximum Gasteiger partial charge on any atom is 0.245 e. The summed E-state index contributed by atoms with van der Waals surface area (Å²) in [5.74, 6) is 0.0383. The number of nitrogens with one attached hydrogen (secondary N) is 1. The van der Waals surface area contributed by atoms with Crippen LogP contribution in [0, 0.1) is 6.92 Å². The molecule has 0 unspecified atom stereocenters. The molecule has 2 aliphatic rings. The van der Waals surface area contributed by atoms with Crippen molar-refractivity contribution < 1.29 is 9.59 Å². The van der Waals surface area contributed by atoms with Gasteiger partial charge in [0.05, 0.1) is 11.9 Å². The Labute approximate surface area is 165 Å². The van der Waals surface area contributed by atoms with Gasteiger partial charge < -0.3 is 10.2 Å². The highest BCUT2D eigenvalue weighted by Crippen LogP contribution is 2.20. The fourth-order valence-electron chi connectivity index (χ4n) is 4.02. The molecule has 3 heterocycles. The van der Waals surface area contributed by atoms with Crippen LogP contribution in [-0.2, 0) is 16.1 Å². The number of carbonyl (C=O) groups excluding carboxylic acids is 2. The maximum atomic E-state index is 12.6. The van der Waals surface area contributed by atoms with Crippen molar-refractivity contribution >= 4 is 11.8 Å². The van der Waals surface area contributed by atoms with Crippen molar-refractivity contribution in [1.29, 1.82) is 0 Å². The van der Waals surface area contributed by atoms with Crippen LogP contribution < -0.4 is 5.32 Å². The summed E-state index contributed by atoms with van der Waals surface area (Å²) in [5, 5.41) is 7.37. The first-order chi connectivity index (χ1) is 13.5. The zero-order valence-corrected chi connectivity index (χ0v) is 16.5. The number of carbonyl (C=O) groups is 2. The molecule has 7 nitrogen and oxygen atoms in total. The highest BCUT2D eigenvalue weighted by Gasteiger charge is 2.42. The molecule has 2 amide bonds. The van der Waals surface area contributed by atoms with E-state index in [2.05, 4.69) is 46.5 Å². The summed E-state index contributed by atoms with van der Waals surface area (Å²) in [4.78, 5) is 29.1. The van der Waals surface area contributed by atoms with Crippen LogP contribution in [0.25, 0.3) is 5.69 Å². The lowest BCUT2D eigenvalue weighted by atomic mass is 10.0. The Hall–Kier alpha value is -2.67. The molecule has 1 N–H and O–H groups in total. The van der Waals surface area contributed by atoms with E-state index in [4.69, 9.17) is 0 Å². The number of nitrogens with zero attached hydrogens (tertiary/aromatic N) is 4. The highest BCUT2D eigenvalue weighted by molar-refractivity contribution is 5.97. The number of aromatic nitrogens is 2. The number of amides is 2. The Bertz CT molecular complexity index is 860. The third-order valence-corrected chi connectivity index (χ3v) is 5.58. The van der Waals surface area contributed by atoms with Crippen LogP contribution in [0.1, 0.15) is 30.9 Å². The number of aryl methyl sites for hydroxylation is 1. The monoisotopic (exact) mass is 381 g/mol. The molecular formula is C21H27N5O2. The van der Waals surface area contributed by atoms with Crippen LogP contribution in [0.3, 0.4) is 0 Å². The molecule has 1 aromatic heterocycles. The molecule has 0 aliphatic carbocycles. The van der Waals surface area contributed by atoms with Gasteiger partial charge in [-0.1, -0.05) is 31.0 Å². The molecule has 2 aliphatic heterocycles. The van der Waals surface area contributed by atoms with Gasteiger partial charge >= 0.3 is 0 Å². The predicted octanol–water partition coefficient (Wildman–Crippen LogP) is 1.49. The molecule has 2 atom stereocenters. The van der Waals surface area contributed by atoms with Crippen LogP contribution in [0.15, 0.2) is 36.7 Å². The van der Waals surface area contributed by atoms with Gasteiger partial charge in [-0.15, -0.1) is 0 Å². The van der Waals surface area contributed by atoms with Crippen molar-refractivity contribution in [2.75, 3.05) is 19.6 Å². The SMILES string of the molecule is CCC[C@@H]1NC(=O)[C@H]2CN(Cc3cnn(-c4ccc(C)cc4)c3)CCN2C1=O. The second-order valence-corrected chi connectivity index (χ2v) is 7.76. The molecule has 148 valence electrons. The van der Waals surface area contributed by atoms with Gasteiger partial charge in [0.1, 0.15) is 12.1 Å². The highest BCUT2D eigenvalue weighted by atomic mass is 16.2. The van der Waals surface area contributed by atoms with Crippen LogP contribution in [0.2, 0.25) is 0 Å². The van der Waals surface area contributed by atoms with E-state index in [0.29, 0.717) is 19.5 Å². The first kappa shape index (κ1) is 18.7. The number of rotatable bonds is 5. The van der Waals surface area contributed by atoms with Crippen molar-refractivity contribution in [2.24, 2.45) is 0 Å². The second kappa shape index (κ2) is 7.75. The van der Waals surface area contributed by atoms with E-state index in [1.807, 2.05) is 24.0 Å². The molecule has 7 heteroatoms. The minimum Gasteiger partial charge on any atom is -0.342 e. The lowest BCUT2D eigenvalue weighted by Crippen LogP contribution is -2.69. The molecule has 2 fully saturated rings. The van der Waals surface area contributed by atoms with E-state index < -0.39 is 0 Å². The van der Waals surface area contributed by atoms with Crippen LogP contribution in [0.4, 0.5) is 0 Å². The Morgan fingerprint density at radius 3 is 2.71 bits per heavy atom. The lowest BCUT2D eigenvalue weighted by molar-refractivity contribution is -0.153. The van der Waals surface area contributed by atoms with Crippen molar-refractivity contribution in [2.45, 2.75) is 45.3 Å². The molecule has 2 saturated heterocycles. The smallest absolute Gasteiger partial charge is 0.245 e. The van der Waals surface area contributed by atoms with Gasteiger partial charge in [-0.3, -0.25) is 14.5 Å². The largest absolute Gasteiger partial charge is 0.342 e. The van der Waals surface area contributed by atoms with Crippen LogP contribution in [-0.4, -0.2) is 63.1 Å². The van der Waals surface area contributed by atoms with E-state index in [1.54, 1.807) is 4.90 Å². The van der Waals surface area contributed by atoms with Crippen molar-refractivity contribution in [1.82, 2.24) is 24.9 Å². The second-order valence-electron chi connectivity index (χ2n) is 7.76. The minimum absolute atomic E-state index is 0.0295. The zero-order valence-electron chi connectivity index (χ0n) is 16.5. The molecule has 0 radical (unpaired) electrons. The van der Waals surface area contributed by atoms with Gasteiger partial charge in [0.2, 0.25) is 11.8 Å². The summed E-state index contributed by atoms with van der Waals surface area (Å²) < 4.78 is 1.87. The third-order valence-electron chi connectivity index (χ3n) is 5.58. The molecule has 1 aromatic carbocycles. The van der Waals surface area contributed by atoms with Crippen molar-refractivity contribution in [3.05, 3.63) is 47.8 Å². The van der Waals surface area contributed by atoms with Crippen LogP contribution >= 0.6 is 0 Å². The lowest BCUT2D eigenvalue weighted by Gasteiger charge is -2.45. The number of hydrogen-bond acceptors (Lipinski definition) is 4. The molecule has 4 rings (SSSR count). The predicted molar refractivity (Wildman–Crippen MR) is 106 cm³/mol. The van der Waals surface area contributed by atoms with Crippen LogP contribution in [0.5, 0.6) is 0 Å². The third kappa shape index (κ3) is 3.67. The summed E-state index contributed by atoms with van der Waals surface area (Å²) in [6.07, 6.45) is 5.48. The molecule has 0 bridgehead atoms. The molecular weight excluding hydrogens is 354 g/mol. The fourth-order valence-corrected chi connectivity index (χ4v) is 4.02. The maximum absolute atomic E-state index is 12.6. The van der Waals surface area contributed by atoms with Gasteiger partial charge in [-0.05, 0) is 25.5 Å². The Balaban J connectivity index is 1.41. The quantitative estimate of drug-likeness (QED) is 0.852. The van der Waals surface area contributed by atoms with Gasteiger partial charge in [0.15, 0.2) is 0 Å². The van der Waals surface area contributed by atoms with Gasteiger partial charge in [0, 0.05) is 37.9 Å². The summed E-state index contributed by atoms with van der Waals surface area (Å²) >= 11 is 0. The first-order valence-electron chi connectivity index (χ1n) is 9.99. The number of piperazine rings is 2. The van der Waals surface area contributed by atoms with E-state index in [9.17, 15) is 9.59 Å². The average Bonchev–Trinajstić information content (AvgIpc) is 3.15. The number of fused-ring (bicyclic) bond motifs is 1. The summed E-state index contributed by atoms with van der Waals surface area (Å²) in [7, 11) is 0. The van der Waals surface area contributed by atoms with E-state index >= 15 is 0 Å². The van der Waals surface area contributed by atoms with E-state index in [1.165, 1.54) is 5.56 Å². The molecule has 28 heavy (non-hydrogen) atoms. The van der Waals surface area contributed by atoms with Gasteiger partial charge in [-0.2, -0.15) is 5.10 Å². The normalized spacial score (nSPS) is 22.9. The molecule has 0 spiro atoms. The topological polar surface area (TPSA) is 70.5 Å². The van der Waals surface area contributed by atoms with Gasteiger partial charge in [0.25, 0.3) is 0 Å². The Morgan fingerprint density at radius 2 is 1.96 bits per heavy atom. The van der Waals surface area contributed by atoms with E-state index in [0.717, 1.165) is 30.8 Å². The van der Waals surface area contributed by atoms with Crippen molar-refractivity contribution in [3.8, 4) is 5.69 Å². The Kier molecular flexibility index (Phi) is 5.17. The summed E-state index contributed by atoms with van der Waals surface area (Å²) in [6.45, 7) is 6.74. The molecule has 2 aromatic rings. The number of benzene rings is 1. The van der Waals surface area contributed by atoms with Crippen molar-refractivity contribution in [3.63, 3.8) is 0 Å².